The van der Waals surface area contributed by atoms with Crippen molar-refractivity contribution in [1.82, 2.24) is 0 Å². The molecule has 0 N–H and O–H groups in total. The first-order valence-corrected chi connectivity index (χ1v) is 6.85. The van der Waals surface area contributed by atoms with E-state index in [2.05, 4.69) is 33.8 Å². The van der Waals surface area contributed by atoms with Gasteiger partial charge in [0.05, 0.1) is 11.5 Å². The van der Waals surface area contributed by atoms with Gasteiger partial charge in [0.1, 0.15) is 0 Å². The van der Waals surface area contributed by atoms with E-state index in [-0.39, 0.29) is 5.41 Å². The fourth-order valence-corrected chi connectivity index (χ4v) is 2.97. The number of hydrogen-bond donors (Lipinski definition) is 0. The zero-order chi connectivity index (χ0) is 12.2. The molecule has 0 aromatic heterocycles. The second kappa shape index (κ2) is 5.21. The number of nitriles is 1. The van der Waals surface area contributed by atoms with Gasteiger partial charge in [-0.2, -0.15) is 5.26 Å². The highest BCUT2D eigenvalue weighted by molar-refractivity contribution is 5.02. The molecule has 0 bridgehead atoms. The molecular formula is C15H27N. The minimum absolute atomic E-state index is 0.0256. The van der Waals surface area contributed by atoms with Crippen LogP contribution in [0.5, 0.6) is 0 Å². The lowest BCUT2D eigenvalue weighted by atomic mass is 9.63. The van der Waals surface area contributed by atoms with Crippen molar-refractivity contribution >= 4 is 0 Å². The molecule has 1 nitrogen and oxygen atoms in total. The topological polar surface area (TPSA) is 23.8 Å². The molecule has 0 heterocycles. The van der Waals surface area contributed by atoms with E-state index in [1.807, 2.05) is 0 Å². The smallest absolute Gasteiger partial charge is 0.0689 e. The predicted octanol–water partition coefficient (Wildman–Crippen LogP) is 4.92. The van der Waals surface area contributed by atoms with Gasteiger partial charge in [-0.25, -0.2) is 0 Å². The van der Waals surface area contributed by atoms with E-state index in [0.29, 0.717) is 5.41 Å². The molecule has 0 radical (unpaired) electrons. The minimum Gasteiger partial charge on any atom is -0.198 e. The number of nitrogens with zero attached hydrogens (tertiary/aromatic N) is 1. The van der Waals surface area contributed by atoms with Crippen LogP contribution in [0.25, 0.3) is 0 Å². The molecule has 0 aliphatic heterocycles. The highest BCUT2D eigenvalue weighted by Gasteiger charge is 2.38. The fourth-order valence-electron chi connectivity index (χ4n) is 2.97. The van der Waals surface area contributed by atoms with Gasteiger partial charge >= 0.3 is 0 Å². The fraction of sp³-hybridized carbons (Fsp3) is 0.933. The van der Waals surface area contributed by atoms with Crippen LogP contribution in [-0.4, -0.2) is 0 Å². The zero-order valence-corrected chi connectivity index (χ0v) is 11.5. The Kier molecular flexibility index (Phi) is 4.42. The number of hydrogen-bond acceptors (Lipinski definition) is 1. The monoisotopic (exact) mass is 221 g/mol. The molecule has 16 heavy (non-hydrogen) atoms. The number of unbranched alkanes of at least 4 members (excludes halogenated alkanes) is 1. The minimum atomic E-state index is 0.0256. The Hall–Kier alpha value is -0.510. The van der Waals surface area contributed by atoms with Crippen LogP contribution in [0, 0.1) is 28.1 Å². The van der Waals surface area contributed by atoms with E-state index in [4.69, 9.17) is 0 Å². The molecule has 0 spiro atoms. The Labute approximate surface area is 101 Å². The molecule has 1 heteroatoms. The van der Waals surface area contributed by atoms with Crippen LogP contribution in [0.15, 0.2) is 0 Å². The van der Waals surface area contributed by atoms with E-state index in [1.165, 1.54) is 25.7 Å². The highest BCUT2D eigenvalue weighted by atomic mass is 14.4. The third kappa shape index (κ3) is 3.24. The molecule has 1 saturated carbocycles. The van der Waals surface area contributed by atoms with E-state index in [1.54, 1.807) is 0 Å². The summed E-state index contributed by atoms with van der Waals surface area (Å²) in [5, 5.41) is 9.41. The second-order valence-corrected chi connectivity index (χ2v) is 6.64. The van der Waals surface area contributed by atoms with Gasteiger partial charge in [0.25, 0.3) is 0 Å². The van der Waals surface area contributed by atoms with Gasteiger partial charge in [0, 0.05) is 0 Å². The maximum absolute atomic E-state index is 9.41. The average Bonchev–Trinajstić information content (AvgIpc) is 2.26. The maximum atomic E-state index is 9.41. The van der Waals surface area contributed by atoms with Crippen molar-refractivity contribution in [1.29, 1.82) is 5.26 Å². The summed E-state index contributed by atoms with van der Waals surface area (Å²) in [4.78, 5) is 0. The molecular weight excluding hydrogens is 194 g/mol. The lowest BCUT2D eigenvalue weighted by molar-refractivity contribution is 0.114. The molecule has 0 aromatic rings. The molecule has 1 aliphatic rings. The van der Waals surface area contributed by atoms with Crippen LogP contribution >= 0.6 is 0 Å². The third-order valence-corrected chi connectivity index (χ3v) is 4.41. The van der Waals surface area contributed by atoms with Crippen molar-refractivity contribution in [2.24, 2.45) is 16.7 Å². The summed E-state index contributed by atoms with van der Waals surface area (Å²) in [6.45, 7) is 9.22. The number of rotatable bonds is 3. The van der Waals surface area contributed by atoms with Crippen molar-refractivity contribution in [3.8, 4) is 6.07 Å². The van der Waals surface area contributed by atoms with Gasteiger partial charge in [-0.3, -0.25) is 0 Å². The lowest BCUT2D eigenvalue weighted by Crippen LogP contribution is -2.31. The molecule has 1 aliphatic carbocycles. The van der Waals surface area contributed by atoms with E-state index in [0.717, 1.165) is 25.2 Å². The van der Waals surface area contributed by atoms with Crippen molar-refractivity contribution in [3.63, 3.8) is 0 Å². The first-order valence-electron chi connectivity index (χ1n) is 6.85. The largest absolute Gasteiger partial charge is 0.198 e. The lowest BCUT2D eigenvalue weighted by Gasteiger charge is -2.40. The molecule has 0 unspecified atom stereocenters. The Bertz CT molecular complexity index is 246. The van der Waals surface area contributed by atoms with Gasteiger partial charge in [0.2, 0.25) is 0 Å². The van der Waals surface area contributed by atoms with Gasteiger partial charge in [-0.05, 0) is 43.4 Å². The SMILES string of the molecule is CCCCC1(C#N)CCC(C(C)(C)C)CC1. The molecule has 0 atom stereocenters. The van der Waals surface area contributed by atoms with Crippen molar-refractivity contribution in [2.45, 2.75) is 72.6 Å². The predicted molar refractivity (Wildman–Crippen MR) is 69.0 cm³/mol. The summed E-state index contributed by atoms with van der Waals surface area (Å²) in [6.07, 6.45) is 8.31. The third-order valence-electron chi connectivity index (χ3n) is 4.41. The van der Waals surface area contributed by atoms with Crippen LogP contribution in [0.2, 0.25) is 0 Å². The molecule has 0 amide bonds. The first kappa shape index (κ1) is 13.6. The summed E-state index contributed by atoms with van der Waals surface area (Å²) in [5.41, 5.74) is 0.449. The second-order valence-electron chi connectivity index (χ2n) is 6.64. The Balaban J connectivity index is 2.54. The van der Waals surface area contributed by atoms with Gasteiger partial charge in [-0.15, -0.1) is 0 Å². The maximum Gasteiger partial charge on any atom is 0.0689 e. The molecule has 92 valence electrons. The van der Waals surface area contributed by atoms with Crippen LogP contribution < -0.4 is 0 Å². The Morgan fingerprint density at radius 1 is 1.25 bits per heavy atom. The van der Waals surface area contributed by atoms with Crippen LogP contribution in [-0.2, 0) is 0 Å². The van der Waals surface area contributed by atoms with Crippen molar-refractivity contribution in [3.05, 3.63) is 0 Å². The van der Waals surface area contributed by atoms with Crippen molar-refractivity contribution < 1.29 is 0 Å². The molecule has 0 saturated heterocycles. The van der Waals surface area contributed by atoms with Crippen LogP contribution in [0.1, 0.15) is 72.6 Å². The van der Waals surface area contributed by atoms with Crippen LogP contribution in [0.4, 0.5) is 0 Å². The Morgan fingerprint density at radius 3 is 2.19 bits per heavy atom. The Morgan fingerprint density at radius 2 is 1.81 bits per heavy atom. The zero-order valence-electron chi connectivity index (χ0n) is 11.5. The van der Waals surface area contributed by atoms with Crippen LogP contribution in [0.3, 0.4) is 0 Å². The summed E-state index contributed by atoms with van der Waals surface area (Å²) in [6, 6.07) is 2.62. The summed E-state index contributed by atoms with van der Waals surface area (Å²) in [7, 11) is 0. The normalized spacial score (nSPS) is 31.1. The highest BCUT2D eigenvalue weighted by Crippen LogP contribution is 2.47. The summed E-state index contributed by atoms with van der Waals surface area (Å²) >= 11 is 0. The average molecular weight is 221 g/mol. The van der Waals surface area contributed by atoms with E-state index < -0.39 is 0 Å². The molecule has 1 rings (SSSR count). The van der Waals surface area contributed by atoms with E-state index >= 15 is 0 Å². The van der Waals surface area contributed by atoms with Crippen molar-refractivity contribution in [2.75, 3.05) is 0 Å². The van der Waals surface area contributed by atoms with Gasteiger partial charge in [-0.1, -0.05) is 40.5 Å². The van der Waals surface area contributed by atoms with Gasteiger partial charge < -0.3 is 0 Å². The molecule has 1 fully saturated rings. The first-order chi connectivity index (χ1) is 7.43. The van der Waals surface area contributed by atoms with E-state index in [9.17, 15) is 5.26 Å². The summed E-state index contributed by atoms with van der Waals surface area (Å²) < 4.78 is 0. The quantitative estimate of drug-likeness (QED) is 0.663. The molecule has 0 aromatic carbocycles. The summed E-state index contributed by atoms with van der Waals surface area (Å²) in [5.74, 6) is 0.815. The van der Waals surface area contributed by atoms with Gasteiger partial charge in [0.15, 0.2) is 0 Å². The standard InChI is InChI=1S/C15H27N/c1-5-6-9-15(12-16)10-7-13(8-11-15)14(2,3)4/h13H,5-11H2,1-4H3.